The Morgan fingerprint density at radius 3 is 2.27 bits per heavy atom. The smallest absolute Gasteiger partial charge is 0.247 e. The number of methoxy groups -OCH3 is 1. The predicted octanol–water partition coefficient (Wildman–Crippen LogP) is 6.14. The molecule has 3 aromatic rings. The number of rotatable bonds is 8. The standard InChI is InChI=1S/C22H18Cl4N2O4S/c1-32-20-8-7-15(23)9-21(20)33(30,31)28(12-14-5-3-2-4-6-14)13-22(29)27-19-11-17(25)16(24)10-18(19)26/h2-11H,12-13H2,1H3,(H,27,29). The molecule has 0 heterocycles. The Hall–Kier alpha value is -2.00. The summed E-state index contributed by atoms with van der Waals surface area (Å²) in [4.78, 5) is 12.7. The van der Waals surface area contributed by atoms with Gasteiger partial charge in [0.1, 0.15) is 10.6 Å². The molecule has 3 aromatic carbocycles. The number of halogens is 4. The molecule has 1 amide bonds. The minimum absolute atomic E-state index is 0.0681. The lowest BCUT2D eigenvalue weighted by atomic mass is 10.2. The summed E-state index contributed by atoms with van der Waals surface area (Å²) in [5.74, 6) is -0.527. The lowest BCUT2D eigenvalue weighted by Crippen LogP contribution is -2.37. The molecule has 0 unspecified atom stereocenters. The van der Waals surface area contributed by atoms with Crippen LogP contribution < -0.4 is 10.1 Å². The maximum atomic E-state index is 13.6. The van der Waals surface area contributed by atoms with Crippen LogP contribution in [-0.2, 0) is 21.4 Å². The summed E-state index contributed by atoms with van der Waals surface area (Å²) >= 11 is 24.1. The fourth-order valence-corrected chi connectivity index (χ4v) is 5.37. The number of nitrogens with one attached hydrogen (secondary N) is 1. The number of hydrogen-bond donors (Lipinski definition) is 1. The van der Waals surface area contributed by atoms with Gasteiger partial charge in [0.05, 0.1) is 34.4 Å². The van der Waals surface area contributed by atoms with E-state index in [0.29, 0.717) is 5.56 Å². The number of carbonyl (C=O) groups excluding carboxylic acids is 1. The Morgan fingerprint density at radius 1 is 0.939 bits per heavy atom. The van der Waals surface area contributed by atoms with Gasteiger partial charge in [-0.25, -0.2) is 8.42 Å². The summed E-state index contributed by atoms with van der Waals surface area (Å²) in [6.45, 7) is -0.579. The van der Waals surface area contributed by atoms with E-state index >= 15 is 0 Å². The fourth-order valence-electron chi connectivity index (χ4n) is 2.97. The van der Waals surface area contributed by atoms with Crippen molar-refractivity contribution in [3.63, 3.8) is 0 Å². The highest BCUT2D eigenvalue weighted by molar-refractivity contribution is 7.89. The van der Waals surface area contributed by atoms with Gasteiger partial charge in [-0.1, -0.05) is 76.7 Å². The summed E-state index contributed by atoms with van der Waals surface area (Å²) in [5.41, 5.74) is 0.885. The Labute approximate surface area is 212 Å². The van der Waals surface area contributed by atoms with Crippen molar-refractivity contribution in [1.29, 1.82) is 0 Å². The highest BCUT2D eigenvalue weighted by Gasteiger charge is 2.30. The van der Waals surface area contributed by atoms with Gasteiger partial charge in [-0.3, -0.25) is 4.79 Å². The molecular weight excluding hydrogens is 530 g/mol. The average Bonchev–Trinajstić information content (AvgIpc) is 2.77. The van der Waals surface area contributed by atoms with Crippen molar-refractivity contribution >= 4 is 68.0 Å². The molecule has 0 aliphatic rings. The maximum absolute atomic E-state index is 13.6. The van der Waals surface area contributed by atoms with E-state index in [1.165, 1.54) is 37.4 Å². The molecule has 0 aliphatic heterocycles. The largest absolute Gasteiger partial charge is 0.495 e. The van der Waals surface area contributed by atoms with Gasteiger partial charge >= 0.3 is 0 Å². The summed E-state index contributed by atoms with van der Waals surface area (Å²) in [5, 5.41) is 3.36. The number of amides is 1. The van der Waals surface area contributed by atoms with Crippen LogP contribution in [0, 0.1) is 0 Å². The number of hydrogen-bond acceptors (Lipinski definition) is 4. The van der Waals surface area contributed by atoms with Crippen LogP contribution in [0.4, 0.5) is 5.69 Å². The van der Waals surface area contributed by atoms with Gasteiger partial charge in [0.2, 0.25) is 15.9 Å². The number of anilines is 1. The van der Waals surface area contributed by atoms with Crippen LogP contribution in [0.5, 0.6) is 5.75 Å². The van der Waals surface area contributed by atoms with Gasteiger partial charge in [0.25, 0.3) is 0 Å². The van der Waals surface area contributed by atoms with E-state index in [1.807, 2.05) is 0 Å². The molecule has 11 heteroatoms. The number of sulfonamides is 1. The first kappa shape index (κ1) is 25.6. The lowest BCUT2D eigenvalue weighted by Gasteiger charge is -2.23. The van der Waals surface area contributed by atoms with Crippen molar-refractivity contribution in [2.75, 3.05) is 19.0 Å². The minimum atomic E-state index is -4.19. The number of carbonyl (C=O) groups is 1. The monoisotopic (exact) mass is 546 g/mol. The zero-order valence-corrected chi connectivity index (χ0v) is 21.0. The topological polar surface area (TPSA) is 75.7 Å². The van der Waals surface area contributed by atoms with Gasteiger partial charge in [-0.05, 0) is 35.9 Å². The third-order valence-corrected chi connectivity index (χ3v) is 7.63. The molecule has 0 aliphatic carbocycles. The van der Waals surface area contributed by atoms with Crippen LogP contribution in [0.15, 0.2) is 65.6 Å². The highest BCUT2D eigenvalue weighted by atomic mass is 35.5. The average molecular weight is 548 g/mol. The van der Waals surface area contributed by atoms with E-state index in [4.69, 9.17) is 51.1 Å². The van der Waals surface area contributed by atoms with E-state index in [9.17, 15) is 13.2 Å². The third-order valence-electron chi connectivity index (χ3n) is 4.55. The van der Waals surface area contributed by atoms with Crippen molar-refractivity contribution < 1.29 is 17.9 Å². The van der Waals surface area contributed by atoms with Crippen LogP contribution >= 0.6 is 46.4 Å². The molecule has 3 rings (SSSR count). The Bertz CT molecular complexity index is 1270. The number of benzene rings is 3. The fraction of sp³-hybridized carbons (Fsp3) is 0.136. The SMILES string of the molecule is COc1ccc(Cl)cc1S(=O)(=O)N(CC(=O)Nc1cc(Cl)c(Cl)cc1Cl)Cc1ccccc1. The molecule has 174 valence electrons. The van der Waals surface area contributed by atoms with Gasteiger partial charge in [-0.2, -0.15) is 4.31 Å². The second kappa shape index (κ2) is 11.0. The highest BCUT2D eigenvalue weighted by Crippen LogP contribution is 2.33. The molecule has 0 aromatic heterocycles. The van der Waals surface area contributed by atoms with Gasteiger partial charge in [0.15, 0.2) is 0 Å². The van der Waals surface area contributed by atoms with Crippen molar-refractivity contribution in [3.05, 3.63) is 86.3 Å². The Kier molecular flexibility index (Phi) is 8.50. The Balaban J connectivity index is 1.96. The zero-order chi connectivity index (χ0) is 24.2. The molecule has 6 nitrogen and oxygen atoms in total. The quantitative estimate of drug-likeness (QED) is 0.344. The van der Waals surface area contributed by atoms with Crippen molar-refractivity contribution in [2.45, 2.75) is 11.4 Å². The van der Waals surface area contributed by atoms with Crippen LogP contribution in [-0.4, -0.2) is 32.3 Å². The molecule has 0 saturated heterocycles. The zero-order valence-electron chi connectivity index (χ0n) is 17.2. The van der Waals surface area contributed by atoms with Crippen LogP contribution in [0.2, 0.25) is 20.1 Å². The van der Waals surface area contributed by atoms with E-state index in [2.05, 4.69) is 5.32 Å². The number of ether oxygens (including phenoxy) is 1. The van der Waals surface area contributed by atoms with E-state index in [0.717, 1.165) is 4.31 Å². The normalized spacial score (nSPS) is 11.5. The van der Waals surface area contributed by atoms with E-state index < -0.39 is 22.5 Å². The summed E-state index contributed by atoms with van der Waals surface area (Å²) in [6.07, 6.45) is 0. The molecule has 0 bridgehead atoms. The number of nitrogens with zero attached hydrogens (tertiary/aromatic N) is 1. The van der Waals surface area contributed by atoms with Gasteiger partial charge < -0.3 is 10.1 Å². The molecule has 0 fully saturated rings. The minimum Gasteiger partial charge on any atom is -0.495 e. The van der Waals surface area contributed by atoms with Gasteiger partial charge in [0, 0.05) is 11.6 Å². The van der Waals surface area contributed by atoms with Crippen LogP contribution in [0.3, 0.4) is 0 Å². The Morgan fingerprint density at radius 2 is 1.61 bits per heavy atom. The third kappa shape index (κ3) is 6.32. The molecule has 1 N–H and O–H groups in total. The molecule has 0 radical (unpaired) electrons. The second-order valence-electron chi connectivity index (χ2n) is 6.85. The van der Waals surface area contributed by atoms with Crippen molar-refractivity contribution in [2.24, 2.45) is 0 Å². The summed E-state index contributed by atoms with van der Waals surface area (Å²) < 4.78 is 33.4. The first-order valence-electron chi connectivity index (χ1n) is 9.44. The van der Waals surface area contributed by atoms with Crippen molar-refractivity contribution in [3.8, 4) is 5.75 Å². The first-order valence-corrected chi connectivity index (χ1v) is 12.4. The molecule has 0 saturated carbocycles. The summed E-state index contributed by atoms with van der Waals surface area (Å²) in [6, 6.07) is 15.9. The first-order chi connectivity index (χ1) is 15.6. The maximum Gasteiger partial charge on any atom is 0.247 e. The second-order valence-corrected chi connectivity index (χ2v) is 10.4. The molecule has 33 heavy (non-hydrogen) atoms. The van der Waals surface area contributed by atoms with Crippen LogP contribution in [0.25, 0.3) is 0 Å². The van der Waals surface area contributed by atoms with Gasteiger partial charge in [-0.15, -0.1) is 0 Å². The van der Waals surface area contributed by atoms with Crippen molar-refractivity contribution in [1.82, 2.24) is 4.31 Å². The van der Waals surface area contributed by atoms with E-state index in [1.54, 1.807) is 30.3 Å². The van der Waals surface area contributed by atoms with Crippen LogP contribution in [0.1, 0.15) is 5.56 Å². The predicted molar refractivity (Wildman–Crippen MR) is 132 cm³/mol. The molecular formula is C22H18Cl4N2O4S. The molecule has 0 atom stereocenters. The van der Waals surface area contributed by atoms with E-state index in [-0.39, 0.29) is 43.0 Å². The molecule has 0 spiro atoms. The summed E-state index contributed by atoms with van der Waals surface area (Å²) in [7, 11) is -2.84. The lowest BCUT2D eigenvalue weighted by molar-refractivity contribution is -0.116.